The summed E-state index contributed by atoms with van der Waals surface area (Å²) in [5.41, 5.74) is 0.850. The third-order valence-corrected chi connectivity index (χ3v) is 4.55. The first kappa shape index (κ1) is 14.8. The number of rotatable bonds is 7. The van der Waals surface area contributed by atoms with Crippen LogP contribution in [0, 0.1) is 5.92 Å². The van der Waals surface area contributed by atoms with Crippen LogP contribution in [0.15, 0.2) is 16.0 Å². The van der Waals surface area contributed by atoms with Crippen LogP contribution in [0.5, 0.6) is 0 Å². The van der Waals surface area contributed by atoms with Crippen LogP contribution in [0.4, 0.5) is 0 Å². The molecule has 1 heterocycles. The number of H-pyrrole nitrogens is 1. The molecule has 0 saturated carbocycles. The summed E-state index contributed by atoms with van der Waals surface area (Å²) in [6.45, 7) is 4.27. The number of halogens is 1. The smallest absolute Gasteiger partial charge is 0.251 e. The number of aromatic amines is 1. The van der Waals surface area contributed by atoms with E-state index in [0.717, 1.165) is 41.2 Å². The van der Waals surface area contributed by atoms with Crippen LogP contribution in [-0.2, 0) is 6.42 Å². The average Bonchev–Trinajstić information content (AvgIpc) is 2.30. The van der Waals surface area contributed by atoms with Gasteiger partial charge < -0.3 is 4.98 Å². The number of hydrogen-bond acceptors (Lipinski definition) is 3. The first-order valence-electron chi connectivity index (χ1n) is 5.98. The summed E-state index contributed by atoms with van der Waals surface area (Å²) in [6, 6.07) is 1.59. The molecule has 3 nitrogen and oxygen atoms in total. The Morgan fingerprint density at radius 1 is 1.53 bits per heavy atom. The minimum absolute atomic E-state index is 0.0437. The van der Waals surface area contributed by atoms with Gasteiger partial charge in [-0.1, -0.05) is 54.4 Å². The molecule has 1 unspecified atom stereocenters. The van der Waals surface area contributed by atoms with Crippen molar-refractivity contribution in [2.24, 2.45) is 5.92 Å². The zero-order chi connectivity index (χ0) is 12.7. The number of aryl methyl sites for hydroxylation is 1. The molecule has 1 rings (SSSR count). The lowest BCUT2D eigenvalue weighted by atomic mass is 10.2. The molecule has 1 atom stereocenters. The number of thioether (sulfide) groups is 1. The van der Waals surface area contributed by atoms with E-state index in [9.17, 15) is 4.79 Å². The normalized spacial score (nSPS) is 12.6. The van der Waals surface area contributed by atoms with Crippen LogP contribution >= 0.6 is 27.7 Å². The van der Waals surface area contributed by atoms with Crippen molar-refractivity contribution in [3.05, 3.63) is 22.1 Å². The molecule has 0 radical (unpaired) electrons. The number of nitrogens with one attached hydrogen (secondary N) is 1. The summed E-state index contributed by atoms with van der Waals surface area (Å²) in [5, 5.41) is 1.75. The Morgan fingerprint density at radius 2 is 2.29 bits per heavy atom. The average molecular weight is 319 g/mol. The highest BCUT2D eigenvalue weighted by Crippen LogP contribution is 2.19. The molecule has 17 heavy (non-hydrogen) atoms. The minimum atomic E-state index is -0.0437. The van der Waals surface area contributed by atoms with E-state index in [2.05, 4.69) is 39.7 Å². The zero-order valence-electron chi connectivity index (χ0n) is 10.3. The van der Waals surface area contributed by atoms with Crippen LogP contribution in [0.3, 0.4) is 0 Å². The van der Waals surface area contributed by atoms with E-state index in [1.807, 2.05) is 0 Å². The highest BCUT2D eigenvalue weighted by Gasteiger charge is 2.07. The minimum Gasteiger partial charge on any atom is -0.301 e. The van der Waals surface area contributed by atoms with Crippen molar-refractivity contribution in [2.75, 3.05) is 11.1 Å². The Bertz CT molecular complexity index is 390. The van der Waals surface area contributed by atoms with Crippen LogP contribution in [0.1, 0.15) is 32.4 Å². The second-order valence-corrected chi connectivity index (χ2v) is 5.69. The van der Waals surface area contributed by atoms with Gasteiger partial charge in [-0.05, 0) is 12.3 Å². The highest BCUT2D eigenvalue weighted by molar-refractivity contribution is 9.09. The van der Waals surface area contributed by atoms with Crippen molar-refractivity contribution in [2.45, 2.75) is 38.3 Å². The van der Waals surface area contributed by atoms with Gasteiger partial charge in [-0.3, -0.25) is 4.79 Å². The van der Waals surface area contributed by atoms with Gasteiger partial charge in [-0.15, -0.1) is 0 Å². The Hall–Kier alpha value is -0.290. The van der Waals surface area contributed by atoms with Gasteiger partial charge in [0.25, 0.3) is 5.56 Å². The van der Waals surface area contributed by atoms with Gasteiger partial charge in [0, 0.05) is 22.8 Å². The van der Waals surface area contributed by atoms with Gasteiger partial charge in [-0.25, -0.2) is 4.98 Å². The quantitative estimate of drug-likeness (QED) is 0.477. The van der Waals surface area contributed by atoms with E-state index in [1.165, 1.54) is 0 Å². The molecule has 0 aliphatic heterocycles. The van der Waals surface area contributed by atoms with Gasteiger partial charge in [0.15, 0.2) is 5.16 Å². The maximum absolute atomic E-state index is 11.5. The van der Waals surface area contributed by atoms with Crippen molar-refractivity contribution in [3.63, 3.8) is 0 Å². The maximum Gasteiger partial charge on any atom is 0.251 e. The van der Waals surface area contributed by atoms with Crippen molar-refractivity contribution >= 4 is 27.7 Å². The maximum atomic E-state index is 11.5. The second kappa shape index (κ2) is 7.93. The first-order chi connectivity index (χ1) is 8.19. The molecule has 1 aromatic heterocycles. The van der Waals surface area contributed by atoms with E-state index < -0.39 is 0 Å². The molecule has 0 aliphatic rings. The fourth-order valence-corrected chi connectivity index (χ4v) is 3.50. The molecular formula is C12H19BrN2OS. The molecule has 0 saturated heterocycles. The molecule has 0 amide bonds. The fraction of sp³-hybridized carbons (Fsp3) is 0.667. The monoisotopic (exact) mass is 318 g/mol. The van der Waals surface area contributed by atoms with Crippen LogP contribution < -0.4 is 5.56 Å². The predicted octanol–water partition coefficient (Wildman–Crippen LogP) is 3.24. The van der Waals surface area contributed by atoms with Gasteiger partial charge in [0.2, 0.25) is 0 Å². The third kappa shape index (κ3) is 5.25. The lowest BCUT2D eigenvalue weighted by molar-refractivity contribution is 0.650. The standard InChI is InChI=1S/C12H19BrN2OS/c1-3-5-10-6-11(16)15-12(14-10)17-8-9(4-2)7-13/h6,9H,3-5,7-8H2,1-2H3,(H,14,15,16). The predicted molar refractivity (Wildman–Crippen MR) is 77.2 cm³/mol. The van der Waals surface area contributed by atoms with E-state index >= 15 is 0 Å². The third-order valence-electron chi connectivity index (χ3n) is 2.53. The first-order valence-corrected chi connectivity index (χ1v) is 8.09. The number of aromatic nitrogens is 2. The molecule has 1 aromatic rings. The summed E-state index contributed by atoms with van der Waals surface area (Å²) in [6.07, 6.45) is 3.02. The Labute approximate surface area is 115 Å². The van der Waals surface area contributed by atoms with Crippen molar-refractivity contribution in [3.8, 4) is 0 Å². The second-order valence-electron chi connectivity index (χ2n) is 4.03. The summed E-state index contributed by atoms with van der Waals surface area (Å²) in [5.74, 6) is 1.61. The molecule has 1 N–H and O–H groups in total. The molecule has 96 valence electrons. The van der Waals surface area contributed by atoms with Crippen LogP contribution in [0.25, 0.3) is 0 Å². The molecule has 0 bridgehead atoms. The van der Waals surface area contributed by atoms with E-state index in [0.29, 0.717) is 5.92 Å². The Morgan fingerprint density at radius 3 is 2.88 bits per heavy atom. The largest absolute Gasteiger partial charge is 0.301 e. The van der Waals surface area contributed by atoms with Gasteiger partial charge in [-0.2, -0.15) is 0 Å². The van der Waals surface area contributed by atoms with Crippen molar-refractivity contribution < 1.29 is 0 Å². The molecule has 0 aliphatic carbocycles. The number of nitrogens with zero attached hydrogens (tertiary/aromatic N) is 1. The van der Waals surface area contributed by atoms with E-state index in [4.69, 9.17) is 0 Å². The summed E-state index contributed by atoms with van der Waals surface area (Å²) in [7, 11) is 0. The van der Waals surface area contributed by atoms with Crippen molar-refractivity contribution in [1.29, 1.82) is 0 Å². The van der Waals surface area contributed by atoms with E-state index in [1.54, 1.807) is 17.8 Å². The number of hydrogen-bond donors (Lipinski definition) is 1. The number of alkyl halides is 1. The highest BCUT2D eigenvalue weighted by atomic mass is 79.9. The molecule has 0 spiro atoms. The lowest BCUT2D eigenvalue weighted by Gasteiger charge is -2.10. The van der Waals surface area contributed by atoms with Gasteiger partial charge in [0.1, 0.15) is 0 Å². The molecule has 0 fully saturated rings. The Balaban J connectivity index is 2.67. The molecular weight excluding hydrogens is 300 g/mol. The summed E-state index contributed by atoms with van der Waals surface area (Å²) in [4.78, 5) is 18.7. The topological polar surface area (TPSA) is 45.8 Å². The van der Waals surface area contributed by atoms with Crippen molar-refractivity contribution in [1.82, 2.24) is 9.97 Å². The SMILES string of the molecule is CCCc1cc(=O)[nH]c(SCC(CC)CBr)n1. The van der Waals surface area contributed by atoms with E-state index in [-0.39, 0.29) is 5.56 Å². The summed E-state index contributed by atoms with van der Waals surface area (Å²) < 4.78 is 0. The molecule has 5 heteroatoms. The van der Waals surface area contributed by atoms with Gasteiger partial charge in [0.05, 0.1) is 0 Å². The van der Waals surface area contributed by atoms with Gasteiger partial charge >= 0.3 is 0 Å². The van der Waals surface area contributed by atoms with Crippen LogP contribution in [-0.4, -0.2) is 21.1 Å². The summed E-state index contributed by atoms with van der Waals surface area (Å²) >= 11 is 5.13. The fourth-order valence-electron chi connectivity index (χ4n) is 1.40. The zero-order valence-corrected chi connectivity index (χ0v) is 12.7. The lowest BCUT2D eigenvalue weighted by Crippen LogP contribution is -2.11. The Kier molecular flexibility index (Phi) is 6.89. The molecule has 0 aromatic carbocycles. The van der Waals surface area contributed by atoms with Crippen LogP contribution in [0.2, 0.25) is 0 Å².